The van der Waals surface area contributed by atoms with Crippen LogP contribution in [0.5, 0.6) is 0 Å². The summed E-state index contributed by atoms with van der Waals surface area (Å²) in [6, 6.07) is 8.82. The van der Waals surface area contributed by atoms with E-state index in [1.54, 1.807) is 0 Å². The van der Waals surface area contributed by atoms with E-state index in [1.165, 1.54) is 56.1 Å². The fourth-order valence-electron chi connectivity index (χ4n) is 3.44. The smallest absolute Gasteiger partial charge is 0.0835 e. The zero-order valence-corrected chi connectivity index (χ0v) is 12.4. The van der Waals surface area contributed by atoms with E-state index in [-0.39, 0.29) is 5.60 Å². The Morgan fingerprint density at radius 1 is 1.17 bits per heavy atom. The summed E-state index contributed by atoms with van der Waals surface area (Å²) in [5, 5.41) is 0.985. The first-order valence-corrected chi connectivity index (χ1v) is 8.27. The molecule has 98 valence electrons. The minimum atomic E-state index is 0.106. The summed E-state index contributed by atoms with van der Waals surface area (Å²) in [6.45, 7) is 0. The summed E-state index contributed by atoms with van der Waals surface area (Å²) in [5.74, 6) is 0. The molecule has 18 heavy (non-hydrogen) atoms. The number of hydrogen-bond donors (Lipinski definition) is 0. The Labute approximate surface area is 118 Å². The third kappa shape index (κ3) is 2.37. The monoisotopic (exact) mass is 308 g/mol. The van der Waals surface area contributed by atoms with E-state index in [4.69, 9.17) is 4.74 Å². The van der Waals surface area contributed by atoms with Crippen molar-refractivity contribution in [2.75, 3.05) is 5.33 Å². The molecule has 0 spiro atoms. The SMILES string of the molecule is BrCC1(OC2CCCc3ccccc32)CCCC1. The van der Waals surface area contributed by atoms with Crippen molar-refractivity contribution in [1.82, 2.24) is 0 Å². The molecule has 0 radical (unpaired) electrons. The molecule has 1 fully saturated rings. The van der Waals surface area contributed by atoms with E-state index >= 15 is 0 Å². The molecule has 0 bridgehead atoms. The molecule has 0 aliphatic heterocycles. The second-order valence-corrected chi connectivity index (χ2v) is 6.28. The maximum absolute atomic E-state index is 6.57. The van der Waals surface area contributed by atoms with Crippen LogP contribution in [0.3, 0.4) is 0 Å². The number of rotatable bonds is 3. The lowest BCUT2D eigenvalue weighted by molar-refractivity contribution is -0.0828. The van der Waals surface area contributed by atoms with Crippen LogP contribution >= 0.6 is 15.9 Å². The quantitative estimate of drug-likeness (QED) is 0.730. The van der Waals surface area contributed by atoms with Gasteiger partial charge in [0, 0.05) is 5.33 Å². The molecule has 1 aromatic carbocycles. The summed E-state index contributed by atoms with van der Waals surface area (Å²) in [6.07, 6.45) is 9.07. The Morgan fingerprint density at radius 3 is 2.72 bits per heavy atom. The standard InChI is InChI=1S/C16H21BrO/c17-12-16(10-3-4-11-16)18-15-9-5-7-13-6-1-2-8-14(13)15/h1-2,6,8,15H,3-5,7,9-12H2. The molecule has 1 unspecified atom stereocenters. The zero-order chi connectivity index (χ0) is 12.4. The van der Waals surface area contributed by atoms with Crippen molar-refractivity contribution < 1.29 is 4.74 Å². The molecule has 2 aliphatic rings. The first-order chi connectivity index (χ1) is 8.83. The summed E-state index contributed by atoms with van der Waals surface area (Å²) >= 11 is 3.68. The fourth-order valence-corrected chi connectivity index (χ4v) is 4.13. The van der Waals surface area contributed by atoms with Crippen LogP contribution in [0.2, 0.25) is 0 Å². The van der Waals surface area contributed by atoms with Crippen molar-refractivity contribution in [3.8, 4) is 0 Å². The van der Waals surface area contributed by atoms with E-state index in [2.05, 4.69) is 40.2 Å². The molecular formula is C16H21BrO. The van der Waals surface area contributed by atoms with Crippen molar-refractivity contribution in [2.24, 2.45) is 0 Å². The van der Waals surface area contributed by atoms with Crippen molar-refractivity contribution >= 4 is 15.9 Å². The third-order valence-electron chi connectivity index (χ3n) is 4.46. The highest BCUT2D eigenvalue weighted by Gasteiger charge is 2.37. The number of fused-ring (bicyclic) bond motifs is 1. The van der Waals surface area contributed by atoms with Gasteiger partial charge in [-0.2, -0.15) is 0 Å². The zero-order valence-electron chi connectivity index (χ0n) is 10.8. The van der Waals surface area contributed by atoms with Gasteiger partial charge in [0.2, 0.25) is 0 Å². The van der Waals surface area contributed by atoms with Gasteiger partial charge in [0.05, 0.1) is 11.7 Å². The van der Waals surface area contributed by atoms with Crippen molar-refractivity contribution in [3.63, 3.8) is 0 Å². The predicted molar refractivity (Wildman–Crippen MR) is 78.2 cm³/mol. The molecule has 1 nitrogen and oxygen atoms in total. The van der Waals surface area contributed by atoms with Gasteiger partial charge in [-0.25, -0.2) is 0 Å². The molecule has 1 atom stereocenters. The second kappa shape index (κ2) is 5.34. The lowest BCUT2D eigenvalue weighted by Gasteiger charge is -2.35. The van der Waals surface area contributed by atoms with Crippen LogP contribution in [-0.4, -0.2) is 10.9 Å². The average Bonchev–Trinajstić information content (AvgIpc) is 2.88. The Hall–Kier alpha value is -0.340. The molecular weight excluding hydrogens is 288 g/mol. The maximum Gasteiger partial charge on any atom is 0.0835 e. The Morgan fingerprint density at radius 2 is 1.94 bits per heavy atom. The number of ether oxygens (including phenoxy) is 1. The molecule has 0 aromatic heterocycles. The van der Waals surface area contributed by atoms with Gasteiger partial charge in [-0.15, -0.1) is 0 Å². The van der Waals surface area contributed by atoms with Gasteiger partial charge >= 0.3 is 0 Å². The van der Waals surface area contributed by atoms with E-state index in [9.17, 15) is 0 Å². The molecule has 1 aromatic rings. The van der Waals surface area contributed by atoms with Gasteiger partial charge < -0.3 is 4.74 Å². The summed E-state index contributed by atoms with van der Waals surface area (Å²) in [4.78, 5) is 0. The number of benzene rings is 1. The van der Waals surface area contributed by atoms with Crippen LogP contribution in [0.4, 0.5) is 0 Å². The summed E-state index contributed by atoms with van der Waals surface area (Å²) < 4.78 is 6.57. The van der Waals surface area contributed by atoms with Gasteiger partial charge in [0.25, 0.3) is 0 Å². The summed E-state index contributed by atoms with van der Waals surface area (Å²) in [7, 11) is 0. The summed E-state index contributed by atoms with van der Waals surface area (Å²) in [5.41, 5.74) is 3.04. The van der Waals surface area contributed by atoms with Crippen LogP contribution in [0, 0.1) is 0 Å². The topological polar surface area (TPSA) is 9.23 Å². The molecule has 3 rings (SSSR count). The Balaban J connectivity index is 1.81. The number of aryl methyl sites for hydroxylation is 1. The number of hydrogen-bond acceptors (Lipinski definition) is 1. The molecule has 0 N–H and O–H groups in total. The van der Waals surface area contributed by atoms with Crippen LogP contribution in [0.15, 0.2) is 24.3 Å². The van der Waals surface area contributed by atoms with Gasteiger partial charge in [-0.05, 0) is 43.2 Å². The van der Waals surface area contributed by atoms with Crippen molar-refractivity contribution in [3.05, 3.63) is 35.4 Å². The van der Waals surface area contributed by atoms with Crippen molar-refractivity contribution in [2.45, 2.75) is 56.7 Å². The molecule has 0 saturated heterocycles. The van der Waals surface area contributed by atoms with E-state index in [0.29, 0.717) is 6.10 Å². The van der Waals surface area contributed by atoms with Crippen LogP contribution in [-0.2, 0) is 11.2 Å². The molecule has 0 amide bonds. The highest BCUT2D eigenvalue weighted by atomic mass is 79.9. The molecule has 2 heteroatoms. The number of halogens is 1. The van der Waals surface area contributed by atoms with Crippen molar-refractivity contribution in [1.29, 1.82) is 0 Å². The minimum Gasteiger partial charge on any atom is -0.366 e. The normalized spacial score (nSPS) is 25.9. The van der Waals surface area contributed by atoms with E-state index < -0.39 is 0 Å². The third-order valence-corrected chi connectivity index (χ3v) is 5.49. The lowest BCUT2D eigenvalue weighted by atomic mass is 9.89. The molecule has 0 heterocycles. The first kappa shape index (κ1) is 12.7. The fraction of sp³-hybridized carbons (Fsp3) is 0.625. The first-order valence-electron chi connectivity index (χ1n) is 7.15. The molecule has 1 saturated carbocycles. The van der Waals surface area contributed by atoms with Crippen LogP contribution in [0.25, 0.3) is 0 Å². The van der Waals surface area contributed by atoms with E-state index in [1.807, 2.05) is 0 Å². The Kier molecular flexibility index (Phi) is 3.76. The highest BCUT2D eigenvalue weighted by Crippen LogP contribution is 2.42. The second-order valence-electron chi connectivity index (χ2n) is 5.72. The lowest BCUT2D eigenvalue weighted by Crippen LogP contribution is -2.33. The Bertz CT molecular complexity index is 409. The van der Waals surface area contributed by atoms with E-state index in [0.717, 1.165) is 5.33 Å². The largest absolute Gasteiger partial charge is 0.366 e. The predicted octanol–water partition coefficient (Wildman–Crippen LogP) is 4.79. The van der Waals surface area contributed by atoms with Gasteiger partial charge in [-0.1, -0.05) is 53.0 Å². The highest BCUT2D eigenvalue weighted by molar-refractivity contribution is 9.09. The van der Waals surface area contributed by atoms with Gasteiger partial charge in [-0.3, -0.25) is 0 Å². The van der Waals surface area contributed by atoms with Gasteiger partial charge in [0.1, 0.15) is 0 Å². The van der Waals surface area contributed by atoms with Crippen LogP contribution < -0.4 is 0 Å². The molecule has 2 aliphatic carbocycles. The average molecular weight is 309 g/mol. The van der Waals surface area contributed by atoms with Gasteiger partial charge in [0.15, 0.2) is 0 Å². The van der Waals surface area contributed by atoms with Crippen LogP contribution in [0.1, 0.15) is 55.8 Å². The minimum absolute atomic E-state index is 0.106. The maximum atomic E-state index is 6.57. The number of alkyl halides is 1.